The van der Waals surface area contributed by atoms with Gasteiger partial charge in [-0.05, 0) is 67.3 Å². The lowest BCUT2D eigenvalue weighted by Crippen LogP contribution is -2.32. The van der Waals surface area contributed by atoms with Crippen molar-refractivity contribution in [3.05, 3.63) is 87.9 Å². The van der Waals surface area contributed by atoms with Crippen LogP contribution in [0.25, 0.3) is 11.1 Å². The summed E-state index contributed by atoms with van der Waals surface area (Å²) in [5.74, 6) is 0.311. The third-order valence-electron chi connectivity index (χ3n) is 5.01. The molecule has 0 spiro atoms. The third kappa shape index (κ3) is 8.44. The van der Waals surface area contributed by atoms with Gasteiger partial charge in [-0.15, -0.1) is 0 Å². The van der Waals surface area contributed by atoms with E-state index in [-0.39, 0.29) is 12.4 Å². The number of halogens is 1. The molecule has 0 aliphatic rings. The Bertz CT molecular complexity index is 1190. The fourth-order valence-electron chi connectivity index (χ4n) is 3.39. The highest BCUT2D eigenvalue weighted by Crippen LogP contribution is 2.27. The zero-order valence-electron chi connectivity index (χ0n) is 20.4. The molecular weight excluding hydrogens is 510 g/mol. The van der Waals surface area contributed by atoms with Gasteiger partial charge in [-0.3, -0.25) is 4.79 Å². The third-order valence-corrected chi connectivity index (χ3v) is 5.50. The van der Waals surface area contributed by atoms with Crippen molar-refractivity contribution in [3.63, 3.8) is 0 Å². The van der Waals surface area contributed by atoms with E-state index in [9.17, 15) is 9.59 Å². The van der Waals surface area contributed by atoms with Crippen LogP contribution in [0.1, 0.15) is 37.5 Å². The number of carbonyl (C=O) groups is 2. The second kappa shape index (κ2) is 11.9. The lowest BCUT2D eigenvalue weighted by Gasteiger charge is -2.19. The molecule has 0 aromatic heterocycles. The quantitative estimate of drug-likeness (QED) is 0.333. The Morgan fingerprint density at radius 3 is 2.23 bits per heavy atom. The van der Waals surface area contributed by atoms with Crippen LogP contribution in [-0.4, -0.2) is 24.8 Å². The summed E-state index contributed by atoms with van der Waals surface area (Å²) in [6.45, 7) is 6.22. The van der Waals surface area contributed by atoms with E-state index in [1.807, 2.05) is 81.4 Å². The summed E-state index contributed by atoms with van der Waals surface area (Å²) in [6.07, 6.45) is -0.301. The number of methoxy groups -OCH3 is 1. The first-order valence-corrected chi connectivity index (χ1v) is 12.1. The molecule has 3 aromatic rings. The normalized spacial score (nSPS) is 11.0. The van der Waals surface area contributed by atoms with Crippen LogP contribution in [0, 0.1) is 0 Å². The average Bonchev–Trinajstić information content (AvgIpc) is 2.82. The van der Waals surface area contributed by atoms with Crippen LogP contribution in [0.4, 0.5) is 4.79 Å². The standard InChI is InChI=1S/C28H30BrNO5/c1-28(2,3)35-27(32)30-17-19-7-5-9-21(13-19)22-10-6-8-20(14-22)18-34-25-16-24(29)12-11-23(25)15-26(31)33-4/h5-14,16H,15,17-18H2,1-4H3,(H,30,32). The highest BCUT2D eigenvalue weighted by Gasteiger charge is 2.16. The van der Waals surface area contributed by atoms with Crippen molar-refractivity contribution < 1.29 is 23.8 Å². The summed E-state index contributed by atoms with van der Waals surface area (Å²) in [5, 5.41) is 2.79. The Hall–Kier alpha value is -3.32. The number of amides is 1. The molecule has 0 heterocycles. The highest BCUT2D eigenvalue weighted by atomic mass is 79.9. The summed E-state index contributed by atoms with van der Waals surface area (Å²) in [6, 6.07) is 21.6. The van der Waals surface area contributed by atoms with Gasteiger partial charge in [-0.1, -0.05) is 58.4 Å². The van der Waals surface area contributed by atoms with Crippen LogP contribution in [0.2, 0.25) is 0 Å². The summed E-state index contributed by atoms with van der Waals surface area (Å²) >= 11 is 3.46. The van der Waals surface area contributed by atoms with Crippen molar-refractivity contribution in [1.29, 1.82) is 0 Å². The first kappa shape index (κ1) is 26.3. The fraction of sp³-hybridized carbons (Fsp3) is 0.286. The topological polar surface area (TPSA) is 73.9 Å². The molecule has 1 N–H and O–H groups in total. The smallest absolute Gasteiger partial charge is 0.407 e. The maximum Gasteiger partial charge on any atom is 0.407 e. The molecule has 0 aliphatic carbocycles. The molecule has 0 radical (unpaired) electrons. The molecule has 6 nitrogen and oxygen atoms in total. The van der Waals surface area contributed by atoms with Crippen molar-refractivity contribution >= 4 is 28.0 Å². The molecule has 184 valence electrons. The van der Waals surface area contributed by atoms with Gasteiger partial charge in [0.1, 0.15) is 18.0 Å². The van der Waals surface area contributed by atoms with Crippen molar-refractivity contribution in [2.45, 2.75) is 45.9 Å². The number of hydrogen-bond acceptors (Lipinski definition) is 5. The predicted octanol–water partition coefficient (Wildman–Crippen LogP) is 6.44. The largest absolute Gasteiger partial charge is 0.489 e. The molecule has 7 heteroatoms. The molecule has 0 saturated heterocycles. The SMILES string of the molecule is COC(=O)Cc1ccc(Br)cc1OCc1cccc(-c2cccc(CNC(=O)OC(C)(C)C)c2)c1. The minimum absolute atomic E-state index is 0.142. The zero-order valence-corrected chi connectivity index (χ0v) is 22.0. The molecule has 1 amide bonds. The van der Waals surface area contributed by atoms with Crippen LogP contribution >= 0.6 is 15.9 Å². The summed E-state index contributed by atoms with van der Waals surface area (Å²) in [5.41, 5.74) is 4.25. The number of benzene rings is 3. The lowest BCUT2D eigenvalue weighted by atomic mass is 10.0. The van der Waals surface area contributed by atoms with Crippen molar-refractivity contribution in [1.82, 2.24) is 5.32 Å². The molecule has 0 unspecified atom stereocenters. The van der Waals surface area contributed by atoms with Gasteiger partial charge in [0.05, 0.1) is 13.5 Å². The Morgan fingerprint density at radius 1 is 0.914 bits per heavy atom. The van der Waals surface area contributed by atoms with Crippen LogP contribution < -0.4 is 10.1 Å². The number of carbonyl (C=O) groups excluding carboxylic acids is 2. The van der Waals surface area contributed by atoms with Gasteiger partial charge in [0.2, 0.25) is 0 Å². The second-order valence-electron chi connectivity index (χ2n) is 9.05. The van der Waals surface area contributed by atoms with E-state index in [0.717, 1.165) is 32.3 Å². The molecule has 3 rings (SSSR count). The number of alkyl carbamates (subject to hydrolysis) is 1. The summed E-state index contributed by atoms with van der Waals surface area (Å²) in [7, 11) is 1.37. The minimum atomic E-state index is -0.537. The second-order valence-corrected chi connectivity index (χ2v) is 9.97. The Morgan fingerprint density at radius 2 is 1.57 bits per heavy atom. The van der Waals surface area contributed by atoms with E-state index in [1.54, 1.807) is 0 Å². The van der Waals surface area contributed by atoms with Crippen molar-refractivity contribution in [2.24, 2.45) is 0 Å². The fourth-order valence-corrected chi connectivity index (χ4v) is 3.73. The maximum atomic E-state index is 12.0. The van der Waals surface area contributed by atoms with Crippen LogP contribution in [0.5, 0.6) is 5.75 Å². The van der Waals surface area contributed by atoms with E-state index in [2.05, 4.69) is 27.3 Å². The van der Waals surface area contributed by atoms with Crippen LogP contribution in [-0.2, 0) is 33.8 Å². The van der Waals surface area contributed by atoms with E-state index in [1.165, 1.54) is 7.11 Å². The van der Waals surface area contributed by atoms with Gasteiger partial charge in [0, 0.05) is 16.6 Å². The summed E-state index contributed by atoms with van der Waals surface area (Å²) in [4.78, 5) is 23.7. The first-order chi connectivity index (χ1) is 16.6. The monoisotopic (exact) mass is 539 g/mol. The average molecular weight is 540 g/mol. The van der Waals surface area contributed by atoms with E-state index < -0.39 is 11.7 Å². The Kier molecular flexibility index (Phi) is 8.93. The molecule has 0 atom stereocenters. The molecule has 35 heavy (non-hydrogen) atoms. The number of esters is 1. The van der Waals surface area contributed by atoms with Gasteiger partial charge >= 0.3 is 12.1 Å². The lowest BCUT2D eigenvalue weighted by molar-refractivity contribution is -0.139. The number of rotatable bonds is 8. The Labute approximate surface area is 214 Å². The number of hydrogen-bond donors (Lipinski definition) is 1. The van der Waals surface area contributed by atoms with E-state index >= 15 is 0 Å². The molecule has 0 fully saturated rings. The van der Waals surface area contributed by atoms with Crippen LogP contribution in [0.3, 0.4) is 0 Å². The van der Waals surface area contributed by atoms with Gasteiger partial charge in [0.15, 0.2) is 0 Å². The molecule has 3 aromatic carbocycles. The molecular formula is C28H30BrNO5. The molecule has 0 bridgehead atoms. The van der Waals surface area contributed by atoms with Gasteiger partial charge in [-0.25, -0.2) is 4.79 Å². The van der Waals surface area contributed by atoms with Crippen molar-refractivity contribution in [3.8, 4) is 16.9 Å². The Balaban J connectivity index is 1.69. The van der Waals surface area contributed by atoms with Crippen LogP contribution in [0.15, 0.2) is 71.2 Å². The van der Waals surface area contributed by atoms with Gasteiger partial charge in [0.25, 0.3) is 0 Å². The zero-order chi connectivity index (χ0) is 25.4. The number of ether oxygens (including phenoxy) is 3. The predicted molar refractivity (Wildman–Crippen MR) is 139 cm³/mol. The van der Waals surface area contributed by atoms with Gasteiger partial charge in [-0.2, -0.15) is 0 Å². The summed E-state index contributed by atoms with van der Waals surface area (Å²) < 4.78 is 17.0. The van der Waals surface area contributed by atoms with Crippen molar-refractivity contribution in [2.75, 3.05) is 7.11 Å². The molecule has 0 saturated carbocycles. The minimum Gasteiger partial charge on any atom is -0.489 e. The maximum absolute atomic E-state index is 12.0. The van der Waals surface area contributed by atoms with E-state index in [4.69, 9.17) is 14.2 Å². The van der Waals surface area contributed by atoms with E-state index in [0.29, 0.717) is 18.9 Å². The first-order valence-electron chi connectivity index (χ1n) is 11.3. The number of nitrogens with one attached hydrogen (secondary N) is 1. The highest BCUT2D eigenvalue weighted by molar-refractivity contribution is 9.10. The van der Waals surface area contributed by atoms with Gasteiger partial charge < -0.3 is 19.5 Å². The molecule has 0 aliphatic heterocycles.